The average Bonchev–Trinajstić information content (AvgIpc) is 3.59. The van der Waals surface area contributed by atoms with E-state index in [-0.39, 0.29) is 6.10 Å². The molecule has 2 aromatic heterocycles. The summed E-state index contributed by atoms with van der Waals surface area (Å²) in [4.78, 5) is 24.8. The number of rotatable bonds is 5. The Labute approximate surface area is 200 Å². The Balaban J connectivity index is 1.17. The van der Waals surface area contributed by atoms with E-state index < -0.39 is 0 Å². The lowest BCUT2D eigenvalue weighted by atomic mass is 9.91. The fraction of sp³-hybridized carbons (Fsp3) is 0.692. The number of hydrogen-bond acceptors (Lipinski definition) is 6. The van der Waals surface area contributed by atoms with Crippen LogP contribution in [0.5, 0.6) is 5.75 Å². The van der Waals surface area contributed by atoms with Crippen LogP contribution in [-0.4, -0.2) is 72.2 Å². The summed E-state index contributed by atoms with van der Waals surface area (Å²) in [5.74, 6) is 1.63. The van der Waals surface area contributed by atoms with Crippen LogP contribution in [0.25, 0.3) is 10.2 Å². The van der Waals surface area contributed by atoms with Gasteiger partial charge in [0, 0.05) is 49.7 Å². The molecule has 4 aliphatic rings. The number of carbonyl (C=O) groups excluding carboxylic acids is 1. The van der Waals surface area contributed by atoms with Gasteiger partial charge >= 0.3 is 0 Å². The van der Waals surface area contributed by atoms with Gasteiger partial charge in [-0.05, 0) is 68.9 Å². The van der Waals surface area contributed by atoms with Crippen molar-refractivity contribution in [3.63, 3.8) is 0 Å². The van der Waals surface area contributed by atoms with Crippen LogP contribution in [-0.2, 0) is 16.0 Å². The van der Waals surface area contributed by atoms with Crippen molar-refractivity contribution in [2.24, 2.45) is 0 Å². The van der Waals surface area contributed by atoms with Gasteiger partial charge in [0.2, 0.25) is 5.91 Å². The van der Waals surface area contributed by atoms with Crippen LogP contribution < -0.4 is 4.74 Å². The van der Waals surface area contributed by atoms with E-state index in [9.17, 15) is 4.79 Å². The summed E-state index contributed by atoms with van der Waals surface area (Å²) in [5, 5.41) is 1.20. The van der Waals surface area contributed by atoms with Crippen LogP contribution >= 0.6 is 11.3 Å². The summed E-state index contributed by atoms with van der Waals surface area (Å²) in [6, 6.07) is 2.73. The largest absolute Gasteiger partial charge is 0.490 e. The van der Waals surface area contributed by atoms with Crippen molar-refractivity contribution in [3.8, 4) is 5.75 Å². The molecule has 1 atom stereocenters. The summed E-state index contributed by atoms with van der Waals surface area (Å²) in [7, 11) is 0. The smallest absolute Gasteiger partial charge is 0.223 e. The first kappa shape index (κ1) is 21.8. The molecule has 1 saturated carbocycles. The number of hydrogen-bond donors (Lipinski definition) is 0. The third-order valence-electron chi connectivity index (χ3n) is 8.17. The van der Waals surface area contributed by atoms with Gasteiger partial charge in [0.15, 0.2) is 0 Å². The summed E-state index contributed by atoms with van der Waals surface area (Å²) < 4.78 is 12.2. The number of likely N-dealkylation sites (tertiary alicyclic amines) is 1. The Bertz CT molecular complexity index is 988. The van der Waals surface area contributed by atoms with Crippen LogP contribution in [0.1, 0.15) is 67.7 Å². The maximum absolute atomic E-state index is 12.9. The number of aryl methyl sites for hydroxylation is 1. The summed E-state index contributed by atoms with van der Waals surface area (Å²) in [5.41, 5.74) is 1.37. The number of fused-ring (bicyclic) bond motifs is 3. The predicted octanol–water partition coefficient (Wildman–Crippen LogP) is 4.36. The molecule has 2 aromatic rings. The molecule has 4 heterocycles. The Hall–Kier alpha value is -1.70. The first-order chi connectivity index (χ1) is 16.3. The van der Waals surface area contributed by atoms with Crippen molar-refractivity contribution in [1.29, 1.82) is 0 Å². The standard InChI is InChI=1S/C26H35N3O3S/c30-23(29-11-1-2-12-29)17-18-3-8-22-24(18)25-21(9-10-27-26(25)33-22)32-20-6-4-19(5-7-20)28-13-15-31-16-14-28/h9-10,18-20H,1-8,11-17H2/t18-,19?,20?/m1/s1. The Morgan fingerprint density at radius 3 is 2.67 bits per heavy atom. The van der Waals surface area contributed by atoms with E-state index in [4.69, 9.17) is 9.47 Å². The molecular weight excluding hydrogens is 434 g/mol. The molecule has 0 radical (unpaired) electrons. The van der Waals surface area contributed by atoms with E-state index in [0.29, 0.717) is 24.3 Å². The molecular formula is C26H35N3O3S. The molecule has 2 aliphatic heterocycles. The number of thiophene rings is 1. The molecule has 2 saturated heterocycles. The maximum atomic E-state index is 12.9. The van der Waals surface area contributed by atoms with Gasteiger partial charge in [-0.1, -0.05) is 0 Å². The second-order valence-corrected chi connectivity index (χ2v) is 11.2. The molecule has 33 heavy (non-hydrogen) atoms. The molecule has 0 aromatic carbocycles. The highest BCUT2D eigenvalue weighted by Crippen LogP contribution is 2.48. The highest BCUT2D eigenvalue weighted by Gasteiger charge is 2.34. The minimum atomic E-state index is 0.273. The van der Waals surface area contributed by atoms with Crippen LogP contribution in [0.4, 0.5) is 0 Å². The van der Waals surface area contributed by atoms with Crippen LogP contribution in [0.3, 0.4) is 0 Å². The highest BCUT2D eigenvalue weighted by atomic mass is 32.1. The minimum absolute atomic E-state index is 0.273. The maximum Gasteiger partial charge on any atom is 0.223 e. The molecule has 2 aliphatic carbocycles. The van der Waals surface area contributed by atoms with Crippen LogP contribution in [0.15, 0.2) is 12.3 Å². The predicted molar refractivity (Wildman–Crippen MR) is 130 cm³/mol. The molecule has 0 bridgehead atoms. The van der Waals surface area contributed by atoms with Crippen LogP contribution in [0.2, 0.25) is 0 Å². The minimum Gasteiger partial charge on any atom is -0.490 e. The van der Waals surface area contributed by atoms with Crippen molar-refractivity contribution >= 4 is 27.5 Å². The average molecular weight is 470 g/mol. The molecule has 6 nitrogen and oxygen atoms in total. The van der Waals surface area contributed by atoms with Gasteiger partial charge in [-0.25, -0.2) is 4.98 Å². The summed E-state index contributed by atoms with van der Waals surface area (Å²) >= 11 is 1.81. The van der Waals surface area contributed by atoms with E-state index in [1.54, 1.807) is 0 Å². The third-order valence-corrected chi connectivity index (χ3v) is 9.35. The van der Waals surface area contributed by atoms with Crippen molar-refractivity contribution < 1.29 is 14.3 Å². The lowest BCUT2D eigenvalue weighted by Crippen LogP contribution is -2.46. The lowest BCUT2D eigenvalue weighted by Gasteiger charge is -2.38. The Morgan fingerprint density at radius 1 is 1.09 bits per heavy atom. The van der Waals surface area contributed by atoms with Crippen molar-refractivity contribution in [3.05, 3.63) is 22.7 Å². The van der Waals surface area contributed by atoms with Gasteiger partial charge in [-0.15, -0.1) is 11.3 Å². The highest BCUT2D eigenvalue weighted by molar-refractivity contribution is 7.19. The van der Waals surface area contributed by atoms with Crippen molar-refractivity contribution in [1.82, 2.24) is 14.8 Å². The van der Waals surface area contributed by atoms with E-state index in [1.165, 1.54) is 28.7 Å². The number of morpholine rings is 1. The number of pyridine rings is 1. The molecule has 0 unspecified atom stereocenters. The molecule has 1 amide bonds. The van der Waals surface area contributed by atoms with Gasteiger partial charge in [-0.3, -0.25) is 9.69 Å². The zero-order valence-electron chi connectivity index (χ0n) is 19.5. The summed E-state index contributed by atoms with van der Waals surface area (Å²) in [6.07, 6.45) is 11.9. The lowest BCUT2D eigenvalue weighted by molar-refractivity contribution is -0.130. The number of aromatic nitrogens is 1. The van der Waals surface area contributed by atoms with E-state index in [0.717, 1.165) is 88.5 Å². The first-order valence-corrected chi connectivity index (χ1v) is 13.7. The molecule has 6 rings (SSSR count). The molecule has 3 fully saturated rings. The molecule has 178 valence electrons. The second-order valence-electron chi connectivity index (χ2n) is 10.2. The van der Waals surface area contributed by atoms with Crippen LogP contribution in [0, 0.1) is 0 Å². The molecule has 0 spiro atoms. The van der Waals surface area contributed by atoms with Gasteiger partial charge in [0.05, 0.1) is 24.7 Å². The van der Waals surface area contributed by atoms with Gasteiger partial charge in [-0.2, -0.15) is 0 Å². The number of ether oxygens (including phenoxy) is 2. The second kappa shape index (κ2) is 9.51. The zero-order chi connectivity index (χ0) is 22.2. The zero-order valence-corrected chi connectivity index (χ0v) is 20.3. The summed E-state index contributed by atoms with van der Waals surface area (Å²) in [6.45, 7) is 5.75. The number of nitrogens with zero attached hydrogens (tertiary/aromatic N) is 3. The van der Waals surface area contributed by atoms with Gasteiger partial charge in [0.1, 0.15) is 10.6 Å². The Morgan fingerprint density at radius 2 is 1.88 bits per heavy atom. The van der Waals surface area contributed by atoms with Crippen molar-refractivity contribution in [2.45, 2.75) is 75.9 Å². The van der Waals surface area contributed by atoms with E-state index in [1.807, 2.05) is 17.5 Å². The van der Waals surface area contributed by atoms with Gasteiger partial charge < -0.3 is 14.4 Å². The molecule has 0 N–H and O–H groups in total. The van der Waals surface area contributed by atoms with E-state index in [2.05, 4.69) is 20.9 Å². The SMILES string of the molecule is O=C(C[C@H]1CCc2sc3nccc(OC4CCC(N5CCOCC5)CC4)c3c21)N1CCCC1. The van der Waals surface area contributed by atoms with Gasteiger partial charge in [0.25, 0.3) is 0 Å². The quantitative estimate of drug-likeness (QED) is 0.651. The normalized spacial score (nSPS) is 28.4. The number of carbonyl (C=O) groups is 1. The topological polar surface area (TPSA) is 54.9 Å². The Kier molecular flexibility index (Phi) is 6.28. The molecule has 7 heteroatoms. The monoisotopic (exact) mass is 469 g/mol. The van der Waals surface area contributed by atoms with Crippen molar-refractivity contribution in [2.75, 3.05) is 39.4 Å². The fourth-order valence-corrected chi connectivity index (χ4v) is 7.65. The van der Waals surface area contributed by atoms with E-state index >= 15 is 0 Å². The number of amides is 1. The third kappa shape index (κ3) is 4.40. The fourth-order valence-electron chi connectivity index (χ4n) is 6.39. The first-order valence-electron chi connectivity index (χ1n) is 12.9.